The van der Waals surface area contributed by atoms with Crippen molar-refractivity contribution in [2.24, 2.45) is 5.14 Å². The fourth-order valence-electron chi connectivity index (χ4n) is 1.31. The summed E-state index contributed by atoms with van der Waals surface area (Å²) in [6.45, 7) is 0. The fraction of sp³-hybridized carbons (Fsp3) is 0. The van der Waals surface area contributed by atoms with E-state index in [1.165, 1.54) is 6.07 Å². The van der Waals surface area contributed by atoms with Crippen LogP contribution in [0.3, 0.4) is 0 Å². The lowest BCUT2D eigenvalue weighted by molar-refractivity contribution is 0.0989. The van der Waals surface area contributed by atoms with Gasteiger partial charge >= 0.3 is 0 Å². The van der Waals surface area contributed by atoms with E-state index in [2.05, 4.69) is 4.98 Å². The number of nitrogens with two attached hydrogens (primary N) is 1. The van der Waals surface area contributed by atoms with Crippen LogP contribution in [0.4, 0.5) is 0 Å². The summed E-state index contributed by atoms with van der Waals surface area (Å²) in [7, 11) is -3.98. The number of aromatic nitrogens is 1. The van der Waals surface area contributed by atoms with Crippen molar-refractivity contribution in [3.63, 3.8) is 0 Å². The zero-order valence-electron chi connectivity index (χ0n) is 7.88. The number of carbonyl (C=O) groups is 2. The average Bonchev–Trinajstić information content (AvgIpc) is 2.22. The van der Waals surface area contributed by atoms with Crippen LogP contribution < -0.4 is 5.14 Å². The number of sulfonamides is 1. The summed E-state index contributed by atoms with van der Waals surface area (Å²) in [6, 6.07) is 2.32. The van der Waals surface area contributed by atoms with Crippen molar-refractivity contribution in [2.75, 3.05) is 0 Å². The minimum absolute atomic E-state index is 0.0832. The van der Waals surface area contributed by atoms with Gasteiger partial charge in [0, 0.05) is 0 Å². The zero-order chi connectivity index (χ0) is 11.9. The van der Waals surface area contributed by atoms with Gasteiger partial charge in [-0.15, -0.1) is 0 Å². The number of nitrogens with zero attached hydrogens (tertiary/aromatic N) is 1. The third-order valence-corrected chi connectivity index (χ3v) is 2.86. The molecule has 0 radical (unpaired) electrons. The second-order valence-corrected chi connectivity index (χ2v) is 4.66. The van der Waals surface area contributed by atoms with Crippen LogP contribution in [-0.4, -0.2) is 25.0 Å². The number of primary sulfonamides is 1. The number of fused-ring (bicyclic) bond motifs is 1. The highest BCUT2D eigenvalue weighted by molar-refractivity contribution is 7.89. The molecule has 0 amide bonds. The Morgan fingerprint density at radius 2 is 1.69 bits per heavy atom. The van der Waals surface area contributed by atoms with E-state index in [9.17, 15) is 18.0 Å². The van der Waals surface area contributed by atoms with E-state index in [0.29, 0.717) is 0 Å². The molecule has 0 aliphatic heterocycles. The summed E-state index contributed by atoms with van der Waals surface area (Å²) >= 11 is 0. The van der Waals surface area contributed by atoms with E-state index in [-0.39, 0.29) is 17.0 Å². The van der Waals surface area contributed by atoms with Crippen LogP contribution in [0.25, 0.3) is 0 Å². The van der Waals surface area contributed by atoms with Gasteiger partial charge in [0.15, 0.2) is 10.8 Å². The van der Waals surface area contributed by atoms with Crippen molar-refractivity contribution >= 4 is 21.6 Å². The molecule has 7 heteroatoms. The van der Waals surface area contributed by atoms with Gasteiger partial charge in [0.05, 0.1) is 5.56 Å². The highest BCUT2D eigenvalue weighted by Crippen LogP contribution is 2.16. The van der Waals surface area contributed by atoms with Crippen molar-refractivity contribution in [2.45, 2.75) is 5.03 Å². The van der Waals surface area contributed by atoms with Crippen molar-refractivity contribution in [3.8, 4) is 0 Å². The first kappa shape index (κ1) is 10.7. The summed E-state index contributed by atoms with van der Waals surface area (Å²) in [5.74, 6) is -0.900. The van der Waals surface area contributed by atoms with E-state index in [1.807, 2.05) is 0 Å². The Bertz CT molecular complexity index is 631. The Balaban J connectivity index is 2.69. The number of hydrogen-bond acceptors (Lipinski definition) is 5. The minimum atomic E-state index is -3.98. The highest BCUT2D eigenvalue weighted by atomic mass is 32.2. The maximum atomic E-state index is 11.4. The van der Waals surface area contributed by atoms with Crippen molar-refractivity contribution in [3.05, 3.63) is 35.5 Å². The molecule has 0 aromatic carbocycles. The predicted octanol–water partition coefficient (Wildman–Crippen LogP) is -0.336. The van der Waals surface area contributed by atoms with Gasteiger partial charge in [-0.3, -0.25) is 9.59 Å². The third kappa shape index (κ3) is 1.66. The van der Waals surface area contributed by atoms with E-state index in [1.54, 1.807) is 0 Å². The second kappa shape index (κ2) is 3.32. The number of ketones is 2. The van der Waals surface area contributed by atoms with E-state index in [0.717, 1.165) is 18.2 Å². The van der Waals surface area contributed by atoms with E-state index < -0.39 is 20.8 Å². The molecule has 1 aliphatic carbocycles. The molecule has 0 spiro atoms. The normalized spacial score (nSPS) is 15.1. The Morgan fingerprint density at radius 3 is 2.31 bits per heavy atom. The maximum Gasteiger partial charge on any atom is 0.255 e. The second-order valence-electron chi connectivity index (χ2n) is 3.15. The molecule has 0 bridgehead atoms. The standard InChI is InChI=1S/C9H6N2O4S/c10-16(14,15)8-4-1-5-6(12)2-3-7(13)9(5)11-8/h1-4H,(H2,10,14,15). The molecular formula is C9H6N2O4S. The van der Waals surface area contributed by atoms with Gasteiger partial charge in [-0.2, -0.15) is 0 Å². The molecule has 0 saturated heterocycles. The molecule has 82 valence electrons. The SMILES string of the molecule is NS(=O)(=O)c1ccc2c(n1)C(=O)C=CC2=O. The molecule has 1 heterocycles. The molecule has 0 fully saturated rings. The summed E-state index contributed by atoms with van der Waals surface area (Å²) in [6.07, 6.45) is 2.16. The smallest absolute Gasteiger partial charge is 0.255 e. The highest BCUT2D eigenvalue weighted by Gasteiger charge is 2.23. The molecule has 0 unspecified atom stereocenters. The van der Waals surface area contributed by atoms with Crippen molar-refractivity contribution in [1.29, 1.82) is 0 Å². The molecule has 16 heavy (non-hydrogen) atoms. The Hall–Kier alpha value is -1.86. The number of hydrogen-bond donors (Lipinski definition) is 1. The van der Waals surface area contributed by atoms with Crippen LogP contribution in [0.5, 0.6) is 0 Å². The van der Waals surface area contributed by atoms with Crippen LogP contribution >= 0.6 is 0 Å². The molecule has 1 aliphatic rings. The van der Waals surface area contributed by atoms with Gasteiger partial charge in [-0.05, 0) is 24.3 Å². The number of rotatable bonds is 1. The van der Waals surface area contributed by atoms with Crippen molar-refractivity contribution < 1.29 is 18.0 Å². The maximum absolute atomic E-state index is 11.4. The number of allylic oxidation sites excluding steroid dienone is 2. The van der Waals surface area contributed by atoms with Crippen LogP contribution in [0, 0.1) is 0 Å². The lowest BCUT2D eigenvalue weighted by atomic mass is 10.0. The number of pyridine rings is 1. The molecular weight excluding hydrogens is 232 g/mol. The van der Waals surface area contributed by atoms with Crippen LogP contribution in [0.15, 0.2) is 29.3 Å². The topological polar surface area (TPSA) is 107 Å². The lowest BCUT2D eigenvalue weighted by Gasteiger charge is -2.08. The molecule has 6 nitrogen and oxygen atoms in total. The third-order valence-electron chi connectivity index (χ3n) is 2.05. The Labute approximate surface area is 90.8 Å². The molecule has 2 N–H and O–H groups in total. The lowest BCUT2D eigenvalue weighted by Crippen LogP contribution is -2.19. The average molecular weight is 238 g/mol. The number of carbonyl (C=O) groups excluding carboxylic acids is 2. The minimum Gasteiger partial charge on any atom is -0.289 e. The monoisotopic (exact) mass is 238 g/mol. The Morgan fingerprint density at radius 1 is 1.06 bits per heavy atom. The molecule has 2 rings (SSSR count). The quantitative estimate of drug-likeness (QED) is 0.720. The fourth-order valence-corrected chi connectivity index (χ4v) is 1.78. The zero-order valence-corrected chi connectivity index (χ0v) is 8.69. The van der Waals surface area contributed by atoms with Gasteiger partial charge in [0.1, 0.15) is 5.69 Å². The van der Waals surface area contributed by atoms with Gasteiger partial charge in [0.25, 0.3) is 10.0 Å². The van der Waals surface area contributed by atoms with Gasteiger partial charge in [-0.25, -0.2) is 18.5 Å². The first-order valence-electron chi connectivity index (χ1n) is 4.20. The molecule has 1 aromatic rings. The molecule has 0 saturated carbocycles. The molecule has 0 atom stereocenters. The van der Waals surface area contributed by atoms with Gasteiger partial charge < -0.3 is 0 Å². The van der Waals surface area contributed by atoms with Crippen LogP contribution in [0.1, 0.15) is 20.8 Å². The van der Waals surface area contributed by atoms with E-state index in [4.69, 9.17) is 5.14 Å². The van der Waals surface area contributed by atoms with Crippen LogP contribution in [0.2, 0.25) is 0 Å². The summed E-state index contributed by atoms with van der Waals surface area (Å²) < 4.78 is 22.0. The first-order chi connectivity index (χ1) is 7.39. The largest absolute Gasteiger partial charge is 0.289 e. The van der Waals surface area contributed by atoms with Gasteiger partial charge in [0.2, 0.25) is 5.78 Å². The van der Waals surface area contributed by atoms with Gasteiger partial charge in [-0.1, -0.05) is 0 Å². The summed E-state index contributed by atoms with van der Waals surface area (Å²) in [5.41, 5.74) is -0.0982. The van der Waals surface area contributed by atoms with Crippen LogP contribution in [-0.2, 0) is 10.0 Å². The summed E-state index contributed by atoms with van der Waals surface area (Å²) in [5, 5.41) is 4.44. The Kier molecular flexibility index (Phi) is 2.21. The molecule has 1 aromatic heterocycles. The predicted molar refractivity (Wildman–Crippen MR) is 53.4 cm³/mol. The first-order valence-corrected chi connectivity index (χ1v) is 5.75. The summed E-state index contributed by atoms with van der Waals surface area (Å²) in [4.78, 5) is 26.3. The van der Waals surface area contributed by atoms with E-state index >= 15 is 0 Å². The van der Waals surface area contributed by atoms with Crippen molar-refractivity contribution in [1.82, 2.24) is 4.98 Å².